The molecule has 0 heterocycles. The summed E-state index contributed by atoms with van der Waals surface area (Å²) >= 11 is 0. The van der Waals surface area contributed by atoms with E-state index in [4.69, 9.17) is 4.74 Å². The van der Waals surface area contributed by atoms with Gasteiger partial charge in [-0.1, -0.05) is 74.5 Å². The third-order valence-corrected chi connectivity index (χ3v) is 4.12. The lowest BCUT2D eigenvalue weighted by Crippen LogP contribution is -2.48. The van der Waals surface area contributed by atoms with Crippen molar-refractivity contribution in [2.75, 3.05) is 6.54 Å². The fourth-order valence-electron chi connectivity index (χ4n) is 2.77. The van der Waals surface area contributed by atoms with E-state index in [-0.39, 0.29) is 18.4 Å². The Morgan fingerprint density at radius 2 is 1.41 bits per heavy atom. The van der Waals surface area contributed by atoms with Crippen LogP contribution in [0.25, 0.3) is 0 Å². The molecule has 5 nitrogen and oxygen atoms in total. The van der Waals surface area contributed by atoms with Crippen molar-refractivity contribution in [3.8, 4) is 0 Å². The number of ether oxygens (including phenoxy) is 1. The van der Waals surface area contributed by atoms with Crippen LogP contribution in [-0.2, 0) is 14.3 Å². The first-order valence-corrected chi connectivity index (χ1v) is 9.85. The van der Waals surface area contributed by atoms with Crippen molar-refractivity contribution in [1.29, 1.82) is 0 Å². The maximum absolute atomic E-state index is 12.6. The zero-order chi connectivity index (χ0) is 21.4. The van der Waals surface area contributed by atoms with Gasteiger partial charge in [-0.2, -0.15) is 0 Å². The summed E-state index contributed by atoms with van der Waals surface area (Å²) in [6.45, 7) is 9.08. The molecule has 2 aromatic rings. The predicted octanol–water partition coefficient (Wildman–Crippen LogP) is 4.01. The summed E-state index contributed by atoms with van der Waals surface area (Å²) in [5.74, 6) is -0.851. The number of nitrogens with one attached hydrogen (secondary N) is 1. The van der Waals surface area contributed by atoms with E-state index in [1.807, 2.05) is 74.5 Å². The molecule has 0 aliphatic carbocycles. The van der Waals surface area contributed by atoms with Crippen molar-refractivity contribution < 1.29 is 14.3 Å². The second kappa shape index (κ2) is 10.0. The van der Waals surface area contributed by atoms with Crippen molar-refractivity contribution >= 4 is 17.6 Å². The molecule has 0 aliphatic rings. The number of aliphatic imine (C=N–C) groups is 1. The van der Waals surface area contributed by atoms with Gasteiger partial charge in [0.1, 0.15) is 18.2 Å². The van der Waals surface area contributed by atoms with Gasteiger partial charge in [0.2, 0.25) is 5.91 Å². The maximum atomic E-state index is 12.6. The van der Waals surface area contributed by atoms with E-state index in [0.717, 1.165) is 16.8 Å². The number of hydrogen-bond donors (Lipinski definition) is 1. The predicted molar refractivity (Wildman–Crippen MR) is 116 cm³/mol. The second-order valence-electron chi connectivity index (χ2n) is 8.22. The Bertz CT molecular complexity index is 796. The minimum atomic E-state index is -0.714. The Balaban J connectivity index is 2.17. The van der Waals surface area contributed by atoms with Gasteiger partial charge in [0.05, 0.1) is 5.71 Å². The Hall–Kier alpha value is -2.95. The Morgan fingerprint density at radius 3 is 1.83 bits per heavy atom. The van der Waals surface area contributed by atoms with Crippen LogP contribution in [0.3, 0.4) is 0 Å². The van der Waals surface area contributed by atoms with Crippen molar-refractivity contribution in [2.45, 2.75) is 46.3 Å². The summed E-state index contributed by atoms with van der Waals surface area (Å²) in [6.07, 6.45) is 0. The minimum absolute atomic E-state index is 0.0782. The molecule has 1 amide bonds. The average molecular weight is 395 g/mol. The maximum Gasteiger partial charge on any atom is 0.329 e. The van der Waals surface area contributed by atoms with Gasteiger partial charge < -0.3 is 10.1 Å². The fourth-order valence-corrected chi connectivity index (χ4v) is 2.77. The summed E-state index contributed by atoms with van der Waals surface area (Å²) < 4.78 is 5.44. The first-order chi connectivity index (χ1) is 13.7. The number of carbonyl (C=O) groups excluding carboxylic acids is 2. The van der Waals surface area contributed by atoms with Crippen molar-refractivity contribution in [2.24, 2.45) is 10.9 Å². The molecule has 0 aromatic heterocycles. The number of nitrogens with zero attached hydrogens (tertiary/aromatic N) is 1. The van der Waals surface area contributed by atoms with Gasteiger partial charge in [-0.25, -0.2) is 4.79 Å². The second-order valence-corrected chi connectivity index (χ2v) is 8.22. The largest absolute Gasteiger partial charge is 0.458 e. The van der Waals surface area contributed by atoms with E-state index in [2.05, 4.69) is 10.3 Å². The number of hydrogen-bond acceptors (Lipinski definition) is 4. The summed E-state index contributed by atoms with van der Waals surface area (Å²) in [6, 6.07) is 18.7. The number of rotatable bonds is 7. The van der Waals surface area contributed by atoms with Crippen LogP contribution in [0.15, 0.2) is 65.7 Å². The lowest BCUT2D eigenvalue weighted by atomic mass is 10.0. The number of amides is 1. The van der Waals surface area contributed by atoms with Gasteiger partial charge in [0, 0.05) is 11.1 Å². The minimum Gasteiger partial charge on any atom is -0.458 e. The first-order valence-electron chi connectivity index (χ1n) is 9.85. The SMILES string of the molecule is CC(C)[C@H](NC(=O)CN=C(c1ccccc1)c1ccccc1)C(=O)OC(C)(C)C. The number of esters is 1. The van der Waals surface area contributed by atoms with Crippen LogP contribution < -0.4 is 5.32 Å². The zero-order valence-corrected chi connectivity index (χ0v) is 17.8. The molecule has 1 atom stereocenters. The van der Waals surface area contributed by atoms with Gasteiger partial charge in [-0.15, -0.1) is 0 Å². The van der Waals surface area contributed by atoms with Crippen molar-refractivity contribution in [3.63, 3.8) is 0 Å². The van der Waals surface area contributed by atoms with Gasteiger partial charge in [-0.3, -0.25) is 9.79 Å². The third kappa shape index (κ3) is 7.18. The molecule has 0 spiro atoms. The Morgan fingerprint density at radius 1 is 0.931 bits per heavy atom. The van der Waals surface area contributed by atoms with E-state index >= 15 is 0 Å². The van der Waals surface area contributed by atoms with E-state index < -0.39 is 17.6 Å². The topological polar surface area (TPSA) is 67.8 Å². The van der Waals surface area contributed by atoms with Crippen LogP contribution in [-0.4, -0.2) is 35.8 Å². The highest BCUT2D eigenvalue weighted by molar-refractivity contribution is 6.13. The summed E-state index contributed by atoms with van der Waals surface area (Å²) in [5, 5.41) is 2.78. The summed E-state index contributed by atoms with van der Waals surface area (Å²) in [4.78, 5) is 29.6. The molecular formula is C24H30N2O3. The molecule has 154 valence electrons. The highest BCUT2D eigenvalue weighted by atomic mass is 16.6. The first kappa shape index (κ1) is 22.3. The fraction of sp³-hybridized carbons (Fsp3) is 0.375. The highest BCUT2D eigenvalue weighted by Crippen LogP contribution is 2.13. The van der Waals surface area contributed by atoms with Crippen LogP contribution in [0.5, 0.6) is 0 Å². The lowest BCUT2D eigenvalue weighted by molar-refractivity contribution is -0.159. The van der Waals surface area contributed by atoms with E-state index in [1.54, 1.807) is 20.8 Å². The lowest BCUT2D eigenvalue weighted by Gasteiger charge is -2.26. The quantitative estimate of drug-likeness (QED) is 0.570. The average Bonchev–Trinajstić information content (AvgIpc) is 2.66. The van der Waals surface area contributed by atoms with E-state index in [1.165, 1.54) is 0 Å². The Labute approximate surface area is 173 Å². The molecule has 2 aromatic carbocycles. The van der Waals surface area contributed by atoms with E-state index in [9.17, 15) is 9.59 Å². The third-order valence-electron chi connectivity index (χ3n) is 4.12. The number of carbonyl (C=O) groups is 2. The molecule has 0 unspecified atom stereocenters. The molecule has 1 N–H and O–H groups in total. The molecule has 29 heavy (non-hydrogen) atoms. The molecule has 0 saturated heterocycles. The van der Waals surface area contributed by atoms with E-state index in [0.29, 0.717) is 0 Å². The molecule has 0 saturated carbocycles. The molecule has 0 radical (unpaired) electrons. The van der Waals surface area contributed by atoms with Crippen LogP contribution in [0.2, 0.25) is 0 Å². The van der Waals surface area contributed by atoms with Crippen molar-refractivity contribution in [3.05, 3.63) is 71.8 Å². The molecule has 2 rings (SSSR count). The normalized spacial score (nSPS) is 12.2. The van der Waals surface area contributed by atoms with Gasteiger partial charge in [0.15, 0.2) is 0 Å². The monoisotopic (exact) mass is 394 g/mol. The summed E-state index contributed by atoms with van der Waals surface area (Å²) in [5.41, 5.74) is 1.98. The highest BCUT2D eigenvalue weighted by Gasteiger charge is 2.29. The van der Waals surface area contributed by atoms with Gasteiger partial charge >= 0.3 is 5.97 Å². The molecule has 5 heteroatoms. The molecule has 0 bridgehead atoms. The van der Waals surface area contributed by atoms with Crippen LogP contribution in [0.4, 0.5) is 0 Å². The zero-order valence-electron chi connectivity index (χ0n) is 17.8. The van der Waals surface area contributed by atoms with Crippen LogP contribution in [0.1, 0.15) is 45.7 Å². The standard InChI is InChI=1S/C24H30N2O3/c1-17(2)21(23(28)29-24(3,4)5)26-20(27)16-25-22(18-12-8-6-9-13-18)19-14-10-7-11-15-19/h6-15,17,21H,16H2,1-5H3,(H,26,27)/t21-/m0/s1. The van der Waals surface area contributed by atoms with Gasteiger partial charge in [-0.05, 0) is 26.7 Å². The van der Waals surface area contributed by atoms with Crippen LogP contribution in [0, 0.1) is 5.92 Å². The molecular weight excluding hydrogens is 364 g/mol. The van der Waals surface area contributed by atoms with Gasteiger partial charge in [0.25, 0.3) is 0 Å². The molecule has 0 fully saturated rings. The Kier molecular flexibility index (Phi) is 7.71. The molecule has 0 aliphatic heterocycles. The summed E-state index contributed by atoms with van der Waals surface area (Å²) in [7, 11) is 0. The number of benzene rings is 2. The smallest absolute Gasteiger partial charge is 0.329 e. The van der Waals surface area contributed by atoms with Crippen LogP contribution >= 0.6 is 0 Å². The van der Waals surface area contributed by atoms with Crippen molar-refractivity contribution in [1.82, 2.24) is 5.32 Å².